The van der Waals surface area contributed by atoms with Crippen molar-refractivity contribution in [1.82, 2.24) is 0 Å². The predicted molar refractivity (Wildman–Crippen MR) is 44.2 cm³/mol. The van der Waals surface area contributed by atoms with Crippen LogP contribution in [0.25, 0.3) is 6.08 Å². The highest BCUT2D eigenvalue weighted by Crippen LogP contribution is 2.22. The second-order valence-electron chi connectivity index (χ2n) is 2.45. The Labute approximate surface area is 65.1 Å². The van der Waals surface area contributed by atoms with Gasteiger partial charge in [-0.1, -0.05) is 29.8 Å². The molecular formula is C9H7Cl. The minimum absolute atomic E-state index is 0.836. The smallest absolute Gasteiger partial charge is 0.0409 e. The minimum Gasteiger partial charge on any atom is -0.0843 e. The Morgan fingerprint density at radius 1 is 1.30 bits per heavy atom. The van der Waals surface area contributed by atoms with Gasteiger partial charge in [-0.2, -0.15) is 0 Å². The molecule has 0 radical (unpaired) electrons. The Bertz CT molecular complexity index is 287. The highest BCUT2D eigenvalue weighted by atomic mass is 35.5. The van der Waals surface area contributed by atoms with Crippen LogP contribution >= 0.6 is 11.6 Å². The van der Waals surface area contributed by atoms with Gasteiger partial charge in [0.15, 0.2) is 0 Å². The fourth-order valence-electron chi connectivity index (χ4n) is 1.23. The summed E-state index contributed by atoms with van der Waals surface area (Å²) in [6.45, 7) is 0. The molecule has 0 saturated heterocycles. The highest BCUT2D eigenvalue weighted by molar-refractivity contribution is 6.30. The van der Waals surface area contributed by atoms with E-state index in [-0.39, 0.29) is 0 Å². The maximum absolute atomic E-state index is 5.80. The molecule has 0 unspecified atom stereocenters. The molecule has 0 bridgehead atoms. The summed E-state index contributed by atoms with van der Waals surface area (Å²) in [6.07, 6.45) is 5.32. The van der Waals surface area contributed by atoms with Crippen LogP contribution < -0.4 is 0 Å². The van der Waals surface area contributed by atoms with Crippen LogP contribution in [-0.4, -0.2) is 0 Å². The maximum Gasteiger partial charge on any atom is 0.0409 e. The zero-order valence-electron chi connectivity index (χ0n) is 5.47. The number of hydrogen-bond donors (Lipinski definition) is 0. The van der Waals surface area contributed by atoms with E-state index in [4.69, 9.17) is 11.6 Å². The highest BCUT2D eigenvalue weighted by Gasteiger charge is 2.03. The summed E-state index contributed by atoms with van der Waals surface area (Å²) < 4.78 is 0. The normalized spacial score (nSPS) is 13.7. The summed E-state index contributed by atoms with van der Waals surface area (Å²) in [7, 11) is 0. The van der Waals surface area contributed by atoms with Crippen LogP contribution in [0.1, 0.15) is 11.1 Å². The number of hydrogen-bond acceptors (Lipinski definition) is 0. The zero-order valence-corrected chi connectivity index (χ0v) is 6.23. The molecular weight excluding hydrogens is 144 g/mol. The number of benzene rings is 1. The van der Waals surface area contributed by atoms with Gasteiger partial charge in [-0.05, 0) is 29.7 Å². The minimum atomic E-state index is 0.836. The monoisotopic (exact) mass is 150 g/mol. The van der Waals surface area contributed by atoms with E-state index in [2.05, 4.69) is 18.2 Å². The van der Waals surface area contributed by atoms with E-state index >= 15 is 0 Å². The first-order valence-corrected chi connectivity index (χ1v) is 3.69. The van der Waals surface area contributed by atoms with Crippen LogP contribution in [0.15, 0.2) is 24.3 Å². The first kappa shape index (κ1) is 5.99. The van der Waals surface area contributed by atoms with E-state index in [1.807, 2.05) is 12.1 Å². The lowest BCUT2D eigenvalue weighted by atomic mass is 10.1. The van der Waals surface area contributed by atoms with E-state index in [1.54, 1.807) is 0 Å². The Balaban J connectivity index is 2.59. The summed E-state index contributed by atoms with van der Waals surface area (Å²) in [6, 6.07) is 6.01. The van der Waals surface area contributed by atoms with E-state index in [0.717, 1.165) is 11.4 Å². The maximum atomic E-state index is 5.80. The molecule has 1 aromatic rings. The fourth-order valence-corrected chi connectivity index (χ4v) is 1.42. The molecule has 2 rings (SSSR count). The number of halogens is 1. The number of fused-ring (bicyclic) bond motifs is 1. The molecule has 0 heterocycles. The lowest BCUT2D eigenvalue weighted by Gasteiger charge is -1.96. The molecule has 0 nitrogen and oxygen atoms in total. The predicted octanol–water partition coefficient (Wildman–Crippen LogP) is 2.91. The van der Waals surface area contributed by atoms with Crippen LogP contribution in [-0.2, 0) is 6.42 Å². The third-order valence-corrected chi connectivity index (χ3v) is 1.98. The van der Waals surface area contributed by atoms with E-state index in [9.17, 15) is 0 Å². The molecule has 0 aliphatic heterocycles. The van der Waals surface area contributed by atoms with Gasteiger partial charge in [0, 0.05) is 5.02 Å². The average molecular weight is 151 g/mol. The summed E-state index contributed by atoms with van der Waals surface area (Å²) in [4.78, 5) is 0. The van der Waals surface area contributed by atoms with Crippen LogP contribution in [0.5, 0.6) is 0 Å². The third-order valence-electron chi connectivity index (χ3n) is 1.74. The van der Waals surface area contributed by atoms with Gasteiger partial charge in [-0.15, -0.1) is 0 Å². The van der Waals surface area contributed by atoms with Crippen molar-refractivity contribution >= 4 is 17.7 Å². The molecule has 1 aliphatic carbocycles. The Morgan fingerprint density at radius 2 is 2.20 bits per heavy atom. The quantitative estimate of drug-likeness (QED) is 0.534. The average Bonchev–Trinajstić information content (AvgIpc) is 2.33. The van der Waals surface area contributed by atoms with E-state index < -0.39 is 0 Å². The second-order valence-corrected chi connectivity index (χ2v) is 2.89. The third kappa shape index (κ3) is 0.850. The Morgan fingerprint density at radius 3 is 3.10 bits per heavy atom. The van der Waals surface area contributed by atoms with Crippen molar-refractivity contribution in [2.45, 2.75) is 6.42 Å². The van der Waals surface area contributed by atoms with Crippen molar-refractivity contribution in [2.24, 2.45) is 0 Å². The van der Waals surface area contributed by atoms with Crippen molar-refractivity contribution in [1.29, 1.82) is 0 Å². The van der Waals surface area contributed by atoms with Crippen molar-refractivity contribution in [2.75, 3.05) is 0 Å². The van der Waals surface area contributed by atoms with Crippen LogP contribution in [0.3, 0.4) is 0 Å². The van der Waals surface area contributed by atoms with Gasteiger partial charge in [0.25, 0.3) is 0 Å². The topological polar surface area (TPSA) is 0 Å². The molecule has 0 amide bonds. The van der Waals surface area contributed by atoms with Crippen LogP contribution in [0, 0.1) is 0 Å². The molecule has 0 fully saturated rings. The van der Waals surface area contributed by atoms with Crippen LogP contribution in [0.2, 0.25) is 5.02 Å². The van der Waals surface area contributed by atoms with Gasteiger partial charge in [0.1, 0.15) is 0 Å². The molecule has 0 spiro atoms. The summed E-state index contributed by atoms with van der Waals surface area (Å²) in [5, 5.41) is 0.836. The Hall–Kier alpha value is -0.750. The summed E-state index contributed by atoms with van der Waals surface area (Å²) >= 11 is 5.80. The van der Waals surface area contributed by atoms with Crippen molar-refractivity contribution in [3.63, 3.8) is 0 Å². The molecule has 0 saturated carbocycles. The van der Waals surface area contributed by atoms with Crippen molar-refractivity contribution in [3.8, 4) is 0 Å². The standard InChI is InChI=1S/C9H7Cl/c10-9-5-4-7-2-1-3-8(7)6-9/h1-2,4-6H,3H2. The number of rotatable bonds is 0. The van der Waals surface area contributed by atoms with Crippen molar-refractivity contribution in [3.05, 3.63) is 40.4 Å². The number of allylic oxidation sites excluding steroid dienone is 1. The summed E-state index contributed by atoms with van der Waals surface area (Å²) in [5.41, 5.74) is 2.65. The largest absolute Gasteiger partial charge is 0.0843 e. The molecule has 0 atom stereocenters. The van der Waals surface area contributed by atoms with Gasteiger partial charge in [0.2, 0.25) is 0 Å². The molecule has 1 heteroatoms. The molecule has 10 heavy (non-hydrogen) atoms. The van der Waals surface area contributed by atoms with Gasteiger partial charge >= 0.3 is 0 Å². The molecule has 0 N–H and O–H groups in total. The lowest BCUT2D eigenvalue weighted by molar-refractivity contribution is 1.31. The van der Waals surface area contributed by atoms with Crippen LogP contribution in [0.4, 0.5) is 0 Å². The Kier molecular flexibility index (Phi) is 1.28. The van der Waals surface area contributed by atoms with E-state index in [1.165, 1.54) is 11.1 Å². The molecule has 1 aliphatic rings. The molecule has 1 aromatic carbocycles. The van der Waals surface area contributed by atoms with Crippen molar-refractivity contribution < 1.29 is 0 Å². The first-order valence-electron chi connectivity index (χ1n) is 3.31. The second kappa shape index (κ2) is 2.14. The molecule has 0 aromatic heterocycles. The SMILES string of the molecule is Clc1ccc2c(c1)CC=C2. The van der Waals surface area contributed by atoms with E-state index in [0.29, 0.717) is 0 Å². The first-order chi connectivity index (χ1) is 4.86. The zero-order chi connectivity index (χ0) is 6.97. The molecule has 50 valence electrons. The van der Waals surface area contributed by atoms with Gasteiger partial charge < -0.3 is 0 Å². The fraction of sp³-hybridized carbons (Fsp3) is 0.111. The lowest BCUT2D eigenvalue weighted by Crippen LogP contribution is -1.79. The summed E-state index contributed by atoms with van der Waals surface area (Å²) in [5.74, 6) is 0. The van der Waals surface area contributed by atoms with Gasteiger partial charge in [0.05, 0.1) is 0 Å². The van der Waals surface area contributed by atoms with Gasteiger partial charge in [-0.25, -0.2) is 0 Å². The van der Waals surface area contributed by atoms with Gasteiger partial charge in [-0.3, -0.25) is 0 Å².